The zero-order valence-corrected chi connectivity index (χ0v) is 12.6. The van der Waals surface area contributed by atoms with E-state index in [-0.39, 0.29) is 17.9 Å². The van der Waals surface area contributed by atoms with Crippen LogP contribution in [0.5, 0.6) is 0 Å². The molecular formula is C16H21N3O2. The van der Waals surface area contributed by atoms with E-state index in [1.54, 1.807) is 6.07 Å². The quantitative estimate of drug-likeness (QED) is 0.806. The molecule has 21 heavy (non-hydrogen) atoms. The first kappa shape index (κ1) is 15.3. The number of aromatic nitrogens is 2. The largest absolute Gasteiger partial charge is 0.391 e. The van der Waals surface area contributed by atoms with Crippen molar-refractivity contribution < 1.29 is 9.90 Å². The monoisotopic (exact) mass is 287 g/mol. The number of hydrogen-bond acceptors (Lipinski definition) is 3. The summed E-state index contributed by atoms with van der Waals surface area (Å²) in [5.41, 5.74) is 1.78. The molecule has 1 aromatic carbocycles. The average Bonchev–Trinajstić information content (AvgIpc) is 2.94. The van der Waals surface area contributed by atoms with Crippen molar-refractivity contribution in [3.05, 3.63) is 42.1 Å². The van der Waals surface area contributed by atoms with Crippen LogP contribution < -0.4 is 5.32 Å². The van der Waals surface area contributed by atoms with E-state index >= 15 is 0 Å². The molecule has 1 atom stereocenters. The van der Waals surface area contributed by atoms with E-state index in [2.05, 4.69) is 15.5 Å². The van der Waals surface area contributed by atoms with Crippen molar-refractivity contribution in [3.8, 4) is 11.3 Å². The van der Waals surface area contributed by atoms with Crippen LogP contribution in [0.1, 0.15) is 31.3 Å². The van der Waals surface area contributed by atoms with Crippen LogP contribution in [0.4, 0.5) is 0 Å². The van der Waals surface area contributed by atoms with Gasteiger partial charge in [-0.1, -0.05) is 51.1 Å². The molecule has 1 amide bonds. The molecule has 112 valence electrons. The fourth-order valence-corrected chi connectivity index (χ4v) is 1.79. The summed E-state index contributed by atoms with van der Waals surface area (Å²) in [6.45, 7) is 5.98. The first-order chi connectivity index (χ1) is 9.88. The van der Waals surface area contributed by atoms with Gasteiger partial charge < -0.3 is 10.4 Å². The Morgan fingerprint density at radius 3 is 2.62 bits per heavy atom. The molecule has 0 radical (unpaired) electrons. The molecule has 2 rings (SSSR count). The van der Waals surface area contributed by atoms with Crippen molar-refractivity contribution in [1.29, 1.82) is 0 Å². The van der Waals surface area contributed by atoms with Crippen molar-refractivity contribution in [2.24, 2.45) is 5.41 Å². The molecule has 0 aliphatic rings. The highest BCUT2D eigenvalue weighted by Crippen LogP contribution is 2.19. The minimum absolute atomic E-state index is 0.210. The Labute approximate surface area is 124 Å². The first-order valence-corrected chi connectivity index (χ1v) is 6.95. The molecule has 2 aromatic rings. The van der Waals surface area contributed by atoms with Crippen molar-refractivity contribution in [2.75, 3.05) is 6.54 Å². The number of amides is 1. The lowest BCUT2D eigenvalue weighted by Gasteiger charge is -2.25. The van der Waals surface area contributed by atoms with Gasteiger partial charge in [0.1, 0.15) is 5.69 Å². The zero-order chi connectivity index (χ0) is 15.5. The molecule has 0 fully saturated rings. The number of nitrogens with zero attached hydrogens (tertiary/aromatic N) is 1. The fourth-order valence-electron chi connectivity index (χ4n) is 1.79. The number of aliphatic hydroxyl groups is 1. The molecule has 0 saturated heterocycles. The van der Waals surface area contributed by atoms with E-state index < -0.39 is 6.10 Å². The molecule has 1 heterocycles. The standard InChI is InChI=1S/C16H21N3O2/c1-16(2,3)14(20)10-17-15(21)13-9-12(18-19-13)11-7-5-4-6-8-11/h4-9,14,20H,10H2,1-3H3,(H,17,21)(H,18,19). The molecule has 1 aromatic heterocycles. The Balaban J connectivity index is 2.00. The highest BCUT2D eigenvalue weighted by atomic mass is 16.3. The third-order valence-corrected chi connectivity index (χ3v) is 3.35. The van der Waals surface area contributed by atoms with E-state index in [1.807, 2.05) is 51.1 Å². The number of H-pyrrole nitrogens is 1. The molecular weight excluding hydrogens is 266 g/mol. The van der Waals surface area contributed by atoms with Crippen LogP contribution >= 0.6 is 0 Å². The van der Waals surface area contributed by atoms with Crippen LogP contribution in [0.2, 0.25) is 0 Å². The molecule has 0 spiro atoms. The van der Waals surface area contributed by atoms with E-state index in [9.17, 15) is 9.90 Å². The maximum atomic E-state index is 12.0. The summed E-state index contributed by atoms with van der Waals surface area (Å²) in [5, 5.41) is 19.5. The normalized spacial score (nSPS) is 13.0. The van der Waals surface area contributed by atoms with Gasteiger partial charge in [0, 0.05) is 12.1 Å². The zero-order valence-electron chi connectivity index (χ0n) is 12.6. The van der Waals surface area contributed by atoms with Gasteiger partial charge in [-0.2, -0.15) is 5.10 Å². The molecule has 5 nitrogen and oxygen atoms in total. The molecule has 0 aliphatic carbocycles. The Morgan fingerprint density at radius 2 is 2.00 bits per heavy atom. The van der Waals surface area contributed by atoms with E-state index in [0.717, 1.165) is 11.3 Å². The van der Waals surface area contributed by atoms with Crippen LogP contribution in [0.3, 0.4) is 0 Å². The minimum atomic E-state index is -0.599. The fraction of sp³-hybridized carbons (Fsp3) is 0.375. The van der Waals surface area contributed by atoms with Gasteiger partial charge in [-0.3, -0.25) is 9.89 Å². The van der Waals surface area contributed by atoms with Crippen molar-refractivity contribution in [1.82, 2.24) is 15.5 Å². The molecule has 0 bridgehead atoms. The van der Waals surface area contributed by atoms with Gasteiger partial charge in [0.05, 0.1) is 11.8 Å². The number of carbonyl (C=O) groups excluding carboxylic acids is 1. The second-order valence-corrected chi connectivity index (χ2v) is 6.12. The second-order valence-electron chi connectivity index (χ2n) is 6.12. The SMILES string of the molecule is CC(C)(C)C(O)CNC(=O)c1cc(-c2ccccc2)n[nH]1. The lowest BCUT2D eigenvalue weighted by molar-refractivity contribution is 0.0585. The Hall–Kier alpha value is -2.14. The maximum Gasteiger partial charge on any atom is 0.269 e. The number of hydrogen-bond donors (Lipinski definition) is 3. The Morgan fingerprint density at radius 1 is 1.33 bits per heavy atom. The van der Waals surface area contributed by atoms with Crippen molar-refractivity contribution in [3.63, 3.8) is 0 Å². The number of nitrogens with one attached hydrogen (secondary N) is 2. The van der Waals surface area contributed by atoms with Gasteiger partial charge in [0.15, 0.2) is 0 Å². The van der Waals surface area contributed by atoms with Gasteiger partial charge in [0.25, 0.3) is 5.91 Å². The molecule has 0 saturated carbocycles. The summed E-state index contributed by atoms with van der Waals surface area (Å²) < 4.78 is 0. The number of aliphatic hydroxyl groups excluding tert-OH is 1. The van der Waals surface area contributed by atoms with E-state index in [4.69, 9.17) is 0 Å². The summed E-state index contributed by atoms with van der Waals surface area (Å²) in [5.74, 6) is -0.270. The highest BCUT2D eigenvalue weighted by molar-refractivity contribution is 5.93. The number of benzene rings is 1. The summed E-state index contributed by atoms with van der Waals surface area (Å²) >= 11 is 0. The first-order valence-electron chi connectivity index (χ1n) is 6.95. The van der Waals surface area contributed by atoms with Gasteiger partial charge in [-0.05, 0) is 11.5 Å². The van der Waals surface area contributed by atoms with Crippen LogP contribution in [0.25, 0.3) is 11.3 Å². The predicted molar refractivity (Wildman–Crippen MR) is 81.8 cm³/mol. The van der Waals surface area contributed by atoms with Crippen molar-refractivity contribution >= 4 is 5.91 Å². The number of aromatic amines is 1. The summed E-state index contributed by atoms with van der Waals surface area (Å²) in [6, 6.07) is 11.3. The lowest BCUT2D eigenvalue weighted by Crippen LogP contribution is -2.39. The van der Waals surface area contributed by atoms with Crippen LogP contribution in [0, 0.1) is 5.41 Å². The molecule has 0 aliphatic heterocycles. The predicted octanol–water partition coefficient (Wildman–Crippen LogP) is 2.21. The van der Waals surface area contributed by atoms with Gasteiger partial charge in [-0.25, -0.2) is 0 Å². The highest BCUT2D eigenvalue weighted by Gasteiger charge is 2.23. The maximum absolute atomic E-state index is 12.0. The lowest BCUT2D eigenvalue weighted by atomic mass is 9.89. The van der Waals surface area contributed by atoms with Gasteiger partial charge >= 0.3 is 0 Å². The van der Waals surface area contributed by atoms with E-state index in [1.165, 1.54) is 0 Å². The molecule has 3 N–H and O–H groups in total. The van der Waals surface area contributed by atoms with Crippen LogP contribution in [-0.2, 0) is 0 Å². The second kappa shape index (κ2) is 6.10. The third kappa shape index (κ3) is 3.92. The smallest absolute Gasteiger partial charge is 0.269 e. The Kier molecular flexibility index (Phi) is 4.43. The topological polar surface area (TPSA) is 78.0 Å². The summed E-state index contributed by atoms with van der Waals surface area (Å²) in [6.07, 6.45) is -0.599. The minimum Gasteiger partial charge on any atom is -0.391 e. The van der Waals surface area contributed by atoms with Gasteiger partial charge in [0.2, 0.25) is 0 Å². The van der Waals surface area contributed by atoms with Crippen molar-refractivity contribution in [2.45, 2.75) is 26.9 Å². The third-order valence-electron chi connectivity index (χ3n) is 3.35. The summed E-state index contributed by atoms with van der Waals surface area (Å²) in [7, 11) is 0. The number of rotatable bonds is 4. The van der Waals surface area contributed by atoms with Crippen LogP contribution in [0.15, 0.2) is 36.4 Å². The Bertz CT molecular complexity index is 599. The summed E-state index contributed by atoms with van der Waals surface area (Å²) in [4.78, 5) is 12.0. The van der Waals surface area contributed by atoms with Gasteiger partial charge in [-0.15, -0.1) is 0 Å². The molecule has 1 unspecified atom stereocenters. The van der Waals surface area contributed by atoms with Crippen LogP contribution in [-0.4, -0.2) is 33.9 Å². The molecule has 5 heteroatoms. The van der Waals surface area contributed by atoms with E-state index in [0.29, 0.717) is 5.69 Å². The number of carbonyl (C=O) groups is 1. The average molecular weight is 287 g/mol.